The van der Waals surface area contributed by atoms with Gasteiger partial charge in [0.05, 0.1) is 16.7 Å². The van der Waals surface area contributed by atoms with Gasteiger partial charge in [-0.2, -0.15) is 0 Å². The molecular formula is C11H8N4O6. The SMILES string of the molecule is O=C(Nc1ccc([N+](=O)[O-])cc1O)c1cc(=O)[nH]c(=O)[nH]1. The van der Waals surface area contributed by atoms with Gasteiger partial charge < -0.3 is 15.4 Å². The highest BCUT2D eigenvalue weighted by Crippen LogP contribution is 2.27. The van der Waals surface area contributed by atoms with Gasteiger partial charge in [-0.15, -0.1) is 0 Å². The quantitative estimate of drug-likeness (QED) is 0.352. The summed E-state index contributed by atoms with van der Waals surface area (Å²) < 4.78 is 0. The number of carbonyl (C=O) groups is 1. The minimum atomic E-state index is -0.861. The molecule has 1 amide bonds. The van der Waals surface area contributed by atoms with E-state index in [1.807, 2.05) is 4.98 Å². The summed E-state index contributed by atoms with van der Waals surface area (Å²) in [5, 5.41) is 22.3. The lowest BCUT2D eigenvalue weighted by Gasteiger charge is -2.06. The van der Waals surface area contributed by atoms with Crippen molar-refractivity contribution >= 4 is 17.3 Å². The molecule has 2 aromatic rings. The highest BCUT2D eigenvalue weighted by Gasteiger charge is 2.14. The van der Waals surface area contributed by atoms with Crippen LogP contribution in [0.15, 0.2) is 33.9 Å². The number of nitro groups is 1. The number of carbonyl (C=O) groups excluding carboxylic acids is 1. The summed E-state index contributed by atoms with van der Waals surface area (Å²) in [5.74, 6) is -1.38. The third kappa shape index (κ3) is 3.12. The molecule has 1 aromatic heterocycles. The predicted molar refractivity (Wildman–Crippen MR) is 70.4 cm³/mol. The van der Waals surface area contributed by atoms with Crippen molar-refractivity contribution in [3.05, 3.63) is 60.9 Å². The number of aromatic amines is 2. The number of aromatic nitrogens is 2. The first-order valence-electron chi connectivity index (χ1n) is 5.49. The maximum Gasteiger partial charge on any atom is 0.326 e. The largest absolute Gasteiger partial charge is 0.506 e. The van der Waals surface area contributed by atoms with Crippen molar-refractivity contribution in [1.29, 1.82) is 0 Å². The van der Waals surface area contributed by atoms with E-state index < -0.39 is 27.8 Å². The molecule has 0 saturated carbocycles. The van der Waals surface area contributed by atoms with Crippen LogP contribution in [-0.2, 0) is 0 Å². The van der Waals surface area contributed by atoms with Crippen LogP contribution in [0.5, 0.6) is 5.75 Å². The first-order valence-corrected chi connectivity index (χ1v) is 5.49. The molecule has 0 aliphatic carbocycles. The van der Waals surface area contributed by atoms with Crippen LogP contribution in [0.1, 0.15) is 10.5 Å². The molecule has 2 rings (SSSR count). The van der Waals surface area contributed by atoms with E-state index >= 15 is 0 Å². The van der Waals surface area contributed by atoms with Crippen molar-refractivity contribution in [2.24, 2.45) is 0 Å². The highest BCUT2D eigenvalue weighted by atomic mass is 16.6. The molecule has 0 radical (unpaired) electrons. The van der Waals surface area contributed by atoms with E-state index in [4.69, 9.17) is 0 Å². The fourth-order valence-electron chi connectivity index (χ4n) is 1.52. The summed E-state index contributed by atoms with van der Waals surface area (Å²) in [6.45, 7) is 0. The van der Waals surface area contributed by atoms with Crippen LogP contribution in [0, 0.1) is 10.1 Å². The van der Waals surface area contributed by atoms with E-state index in [2.05, 4.69) is 10.3 Å². The average Bonchev–Trinajstić information content (AvgIpc) is 2.39. The number of H-pyrrole nitrogens is 2. The fraction of sp³-hybridized carbons (Fsp3) is 0. The second-order valence-electron chi connectivity index (χ2n) is 3.91. The molecule has 10 heteroatoms. The number of amides is 1. The van der Waals surface area contributed by atoms with Gasteiger partial charge in [0.2, 0.25) is 0 Å². The Bertz CT molecular complexity index is 809. The molecule has 0 atom stereocenters. The molecule has 1 heterocycles. The molecule has 0 bridgehead atoms. The van der Waals surface area contributed by atoms with Gasteiger partial charge in [-0.05, 0) is 6.07 Å². The summed E-state index contributed by atoms with van der Waals surface area (Å²) in [7, 11) is 0. The van der Waals surface area contributed by atoms with Crippen LogP contribution in [0.2, 0.25) is 0 Å². The maximum absolute atomic E-state index is 11.8. The molecule has 0 aliphatic heterocycles. The Morgan fingerprint density at radius 1 is 1.24 bits per heavy atom. The molecule has 10 nitrogen and oxygen atoms in total. The van der Waals surface area contributed by atoms with E-state index in [9.17, 15) is 29.6 Å². The Labute approximate surface area is 115 Å². The van der Waals surface area contributed by atoms with Crippen LogP contribution in [0.4, 0.5) is 11.4 Å². The summed E-state index contributed by atoms with van der Waals surface area (Å²) in [4.78, 5) is 47.7. The van der Waals surface area contributed by atoms with E-state index in [0.29, 0.717) is 0 Å². The Morgan fingerprint density at radius 2 is 1.95 bits per heavy atom. The monoisotopic (exact) mass is 292 g/mol. The van der Waals surface area contributed by atoms with Crippen molar-refractivity contribution in [2.75, 3.05) is 5.32 Å². The number of hydrogen-bond acceptors (Lipinski definition) is 6. The van der Waals surface area contributed by atoms with Crippen LogP contribution in [0.3, 0.4) is 0 Å². The van der Waals surface area contributed by atoms with Gasteiger partial charge in [0.15, 0.2) is 0 Å². The Balaban J connectivity index is 2.29. The third-order valence-electron chi connectivity index (χ3n) is 2.45. The second kappa shape index (κ2) is 5.28. The number of nitro benzene ring substituents is 1. The first-order chi connectivity index (χ1) is 9.86. The van der Waals surface area contributed by atoms with Gasteiger partial charge in [0.25, 0.3) is 17.2 Å². The third-order valence-corrected chi connectivity index (χ3v) is 2.45. The van der Waals surface area contributed by atoms with E-state index in [-0.39, 0.29) is 17.1 Å². The fourth-order valence-corrected chi connectivity index (χ4v) is 1.52. The van der Waals surface area contributed by atoms with Gasteiger partial charge in [-0.3, -0.25) is 24.7 Å². The number of rotatable bonds is 3. The van der Waals surface area contributed by atoms with E-state index in [1.54, 1.807) is 0 Å². The zero-order chi connectivity index (χ0) is 15.6. The lowest BCUT2D eigenvalue weighted by Crippen LogP contribution is -2.27. The zero-order valence-corrected chi connectivity index (χ0v) is 10.2. The smallest absolute Gasteiger partial charge is 0.326 e. The summed E-state index contributed by atoms with van der Waals surface area (Å²) in [6.07, 6.45) is 0. The minimum Gasteiger partial charge on any atom is -0.506 e. The van der Waals surface area contributed by atoms with Crippen LogP contribution in [-0.4, -0.2) is 25.9 Å². The minimum absolute atomic E-state index is 0.105. The molecule has 0 fully saturated rings. The summed E-state index contributed by atoms with van der Waals surface area (Å²) in [6, 6.07) is 3.92. The number of aromatic hydroxyl groups is 1. The van der Waals surface area contributed by atoms with Gasteiger partial charge in [0.1, 0.15) is 11.4 Å². The van der Waals surface area contributed by atoms with E-state index in [0.717, 1.165) is 24.3 Å². The number of benzene rings is 1. The van der Waals surface area contributed by atoms with Crippen molar-refractivity contribution in [3.8, 4) is 5.75 Å². The number of hydrogen-bond donors (Lipinski definition) is 4. The molecule has 0 spiro atoms. The zero-order valence-electron chi connectivity index (χ0n) is 10.2. The van der Waals surface area contributed by atoms with Crippen LogP contribution < -0.4 is 16.6 Å². The standard InChI is InChI=1S/C11H8N4O6/c16-8-3-5(15(20)21)1-2-6(8)12-10(18)7-4-9(17)14-11(19)13-7/h1-4,16H,(H,12,18)(H2,13,14,17,19). The number of non-ortho nitro benzene ring substituents is 1. The molecule has 0 unspecified atom stereocenters. The normalized spacial score (nSPS) is 10.1. The Morgan fingerprint density at radius 3 is 2.52 bits per heavy atom. The van der Waals surface area contributed by atoms with Crippen LogP contribution in [0.25, 0.3) is 0 Å². The molecule has 4 N–H and O–H groups in total. The average molecular weight is 292 g/mol. The molecular weight excluding hydrogens is 284 g/mol. The van der Waals surface area contributed by atoms with Gasteiger partial charge in [-0.25, -0.2) is 4.79 Å². The van der Waals surface area contributed by atoms with Crippen molar-refractivity contribution in [3.63, 3.8) is 0 Å². The maximum atomic E-state index is 11.8. The topological polar surface area (TPSA) is 158 Å². The first kappa shape index (κ1) is 14.0. The molecule has 0 saturated heterocycles. The molecule has 1 aromatic carbocycles. The number of nitrogens with zero attached hydrogens (tertiary/aromatic N) is 1. The second-order valence-corrected chi connectivity index (χ2v) is 3.91. The molecule has 21 heavy (non-hydrogen) atoms. The van der Waals surface area contributed by atoms with Crippen LogP contribution >= 0.6 is 0 Å². The lowest BCUT2D eigenvalue weighted by molar-refractivity contribution is -0.384. The number of phenols is 1. The van der Waals surface area contributed by atoms with Gasteiger partial charge >= 0.3 is 5.69 Å². The Kier molecular flexibility index (Phi) is 3.52. The van der Waals surface area contributed by atoms with E-state index in [1.165, 1.54) is 0 Å². The summed E-state index contributed by atoms with van der Waals surface area (Å²) in [5.41, 5.74) is -2.40. The van der Waals surface area contributed by atoms with Crippen molar-refractivity contribution in [1.82, 2.24) is 9.97 Å². The number of nitrogens with one attached hydrogen (secondary N) is 3. The lowest BCUT2D eigenvalue weighted by atomic mass is 10.2. The van der Waals surface area contributed by atoms with Crippen molar-refractivity contribution < 1.29 is 14.8 Å². The summed E-state index contributed by atoms with van der Waals surface area (Å²) >= 11 is 0. The Hall–Kier alpha value is -3.43. The highest BCUT2D eigenvalue weighted by molar-refractivity contribution is 6.03. The molecule has 108 valence electrons. The predicted octanol–water partition coefficient (Wildman–Crippen LogP) is -0.0707. The van der Waals surface area contributed by atoms with Crippen molar-refractivity contribution in [2.45, 2.75) is 0 Å². The van der Waals surface area contributed by atoms with Gasteiger partial charge in [0, 0.05) is 12.1 Å². The number of phenolic OH excluding ortho intramolecular Hbond substituents is 1. The van der Waals surface area contributed by atoms with Gasteiger partial charge in [-0.1, -0.05) is 0 Å². The molecule has 0 aliphatic rings. The number of anilines is 1.